The molecule has 1 aromatic carbocycles. The first kappa shape index (κ1) is 12.2. The molecule has 3 rings (SSSR count). The van der Waals surface area contributed by atoms with Crippen LogP contribution in [0, 0.1) is 0 Å². The summed E-state index contributed by atoms with van der Waals surface area (Å²) >= 11 is 11.3. The van der Waals surface area contributed by atoms with Gasteiger partial charge >= 0.3 is 0 Å². The fourth-order valence-corrected chi connectivity index (χ4v) is 3.65. The molecule has 0 aliphatic heterocycles. The fourth-order valence-electron chi connectivity index (χ4n) is 1.99. The van der Waals surface area contributed by atoms with Gasteiger partial charge in [0.25, 0.3) is 0 Å². The normalized spacial score (nSPS) is 11.2. The van der Waals surface area contributed by atoms with Gasteiger partial charge in [-0.3, -0.25) is 0 Å². The van der Waals surface area contributed by atoms with Crippen molar-refractivity contribution in [1.29, 1.82) is 0 Å². The highest BCUT2D eigenvalue weighted by molar-refractivity contribution is 9.10. The van der Waals surface area contributed by atoms with Crippen molar-refractivity contribution >= 4 is 49.9 Å². The summed E-state index contributed by atoms with van der Waals surface area (Å²) in [5.74, 6) is 1.34. The predicted molar refractivity (Wildman–Crippen MR) is 80.4 cm³/mol. The summed E-state index contributed by atoms with van der Waals surface area (Å²) in [5.41, 5.74) is 2.13. The summed E-state index contributed by atoms with van der Waals surface area (Å²) in [6.45, 7) is 0.806. The van der Waals surface area contributed by atoms with Crippen LogP contribution in [0.5, 0.6) is 0 Å². The van der Waals surface area contributed by atoms with Crippen molar-refractivity contribution in [1.82, 2.24) is 9.55 Å². The molecule has 0 aliphatic carbocycles. The van der Waals surface area contributed by atoms with Gasteiger partial charge < -0.3 is 4.57 Å². The fraction of sp³-hybridized carbons (Fsp3) is 0.154. The van der Waals surface area contributed by atoms with Gasteiger partial charge in [-0.25, -0.2) is 4.98 Å². The van der Waals surface area contributed by atoms with Gasteiger partial charge in [-0.2, -0.15) is 0 Å². The van der Waals surface area contributed by atoms with Crippen molar-refractivity contribution in [2.75, 3.05) is 0 Å². The number of fused-ring (bicyclic) bond motifs is 1. The molecule has 2 aromatic heterocycles. The number of thiophene rings is 1. The average molecular weight is 342 g/mol. The van der Waals surface area contributed by atoms with Crippen molar-refractivity contribution in [2.45, 2.75) is 12.4 Å². The van der Waals surface area contributed by atoms with E-state index in [0.717, 1.165) is 27.9 Å². The number of hydrogen-bond donors (Lipinski definition) is 0. The van der Waals surface area contributed by atoms with Crippen molar-refractivity contribution in [3.63, 3.8) is 0 Å². The quantitative estimate of drug-likeness (QED) is 0.634. The van der Waals surface area contributed by atoms with Gasteiger partial charge in [0.2, 0.25) is 0 Å². The van der Waals surface area contributed by atoms with Gasteiger partial charge in [0.05, 0.1) is 23.5 Å². The Morgan fingerprint density at radius 3 is 2.83 bits per heavy atom. The van der Waals surface area contributed by atoms with Crippen LogP contribution in [-0.4, -0.2) is 9.55 Å². The monoisotopic (exact) mass is 340 g/mol. The minimum atomic E-state index is 0.428. The maximum absolute atomic E-state index is 5.99. The lowest BCUT2D eigenvalue weighted by atomic mass is 10.3. The lowest BCUT2D eigenvalue weighted by Gasteiger charge is -2.06. The second-order valence-corrected chi connectivity index (χ2v) is 6.05. The molecule has 0 spiro atoms. The number of benzene rings is 1. The first-order chi connectivity index (χ1) is 8.79. The molecule has 2 nitrogen and oxygen atoms in total. The molecule has 0 aliphatic rings. The van der Waals surface area contributed by atoms with Crippen molar-refractivity contribution in [3.05, 3.63) is 50.9 Å². The molecule has 0 unspecified atom stereocenters. The minimum Gasteiger partial charge on any atom is -0.322 e. The van der Waals surface area contributed by atoms with Crippen LogP contribution in [0.4, 0.5) is 0 Å². The van der Waals surface area contributed by atoms with Crippen LogP contribution in [-0.2, 0) is 12.4 Å². The highest BCUT2D eigenvalue weighted by Crippen LogP contribution is 2.26. The first-order valence-electron chi connectivity index (χ1n) is 5.51. The summed E-state index contributed by atoms with van der Waals surface area (Å²) in [5, 5.41) is 2.08. The largest absolute Gasteiger partial charge is 0.322 e. The first-order valence-corrected chi connectivity index (χ1v) is 7.72. The molecular formula is C13H10BrClN2S. The third-order valence-electron chi connectivity index (χ3n) is 2.85. The molecule has 0 amide bonds. The van der Waals surface area contributed by atoms with E-state index in [9.17, 15) is 0 Å². The van der Waals surface area contributed by atoms with Crippen LogP contribution in [0.15, 0.2) is 40.2 Å². The summed E-state index contributed by atoms with van der Waals surface area (Å²) in [6.07, 6.45) is 0. The molecule has 0 saturated heterocycles. The Balaban J connectivity index is 2.12. The molecule has 18 heavy (non-hydrogen) atoms. The van der Waals surface area contributed by atoms with E-state index < -0.39 is 0 Å². The highest BCUT2D eigenvalue weighted by atomic mass is 79.9. The molecule has 3 aromatic rings. The number of alkyl halides is 1. The van der Waals surface area contributed by atoms with Gasteiger partial charge in [0, 0.05) is 9.35 Å². The predicted octanol–water partition coefficient (Wildman–Crippen LogP) is 4.65. The lowest BCUT2D eigenvalue weighted by molar-refractivity contribution is 0.787. The molecule has 0 atom stereocenters. The Labute approximate surface area is 122 Å². The van der Waals surface area contributed by atoms with E-state index in [1.807, 2.05) is 18.2 Å². The van der Waals surface area contributed by atoms with Gasteiger partial charge in [-0.1, -0.05) is 12.1 Å². The Morgan fingerprint density at radius 1 is 1.28 bits per heavy atom. The average Bonchev–Trinajstić information content (AvgIpc) is 2.95. The van der Waals surface area contributed by atoms with Crippen LogP contribution < -0.4 is 0 Å². The zero-order chi connectivity index (χ0) is 12.5. The van der Waals surface area contributed by atoms with E-state index >= 15 is 0 Å². The summed E-state index contributed by atoms with van der Waals surface area (Å²) < 4.78 is 3.32. The second-order valence-electron chi connectivity index (χ2n) is 3.93. The third-order valence-corrected chi connectivity index (χ3v) is 5.00. The number of nitrogens with zero attached hydrogens (tertiary/aromatic N) is 2. The second kappa shape index (κ2) is 5.03. The summed E-state index contributed by atoms with van der Waals surface area (Å²) in [6, 6.07) is 10.2. The van der Waals surface area contributed by atoms with E-state index in [1.165, 1.54) is 4.88 Å². The van der Waals surface area contributed by atoms with Crippen LogP contribution >= 0.6 is 38.9 Å². The SMILES string of the molecule is ClCc1nc2ccccc2n1Cc1sccc1Br. The highest BCUT2D eigenvalue weighted by Gasteiger charge is 2.11. The molecule has 0 radical (unpaired) electrons. The molecule has 92 valence electrons. The Kier molecular flexibility index (Phi) is 3.41. The number of rotatable bonds is 3. The molecule has 0 bridgehead atoms. The topological polar surface area (TPSA) is 17.8 Å². The minimum absolute atomic E-state index is 0.428. The van der Waals surface area contributed by atoms with Crippen molar-refractivity contribution in [3.8, 4) is 0 Å². The van der Waals surface area contributed by atoms with E-state index in [-0.39, 0.29) is 0 Å². The Hall–Kier alpha value is -0.840. The van der Waals surface area contributed by atoms with Crippen molar-refractivity contribution in [2.24, 2.45) is 0 Å². The van der Waals surface area contributed by atoms with Crippen LogP contribution in [0.3, 0.4) is 0 Å². The smallest absolute Gasteiger partial charge is 0.125 e. The maximum Gasteiger partial charge on any atom is 0.125 e. The number of para-hydroxylation sites is 2. The number of halogens is 2. The maximum atomic E-state index is 5.99. The van der Waals surface area contributed by atoms with Crippen LogP contribution in [0.2, 0.25) is 0 Å². The van der Waals surface area contributed by atoms with Gasteiger partial charge in [-0.15, -0.1) is 22.9 Å². The Morgan fingerprint density at radius 2 is 2.11 bits per heavy atom. The molecule has 0 fully saturated rings. The zero-order valence-corrected chi connectivity index (χ0v) is 12.6. The summed E-state index contributed by atoms with van der Waals surface area (Å²) in [4.78, 5) is 5.84. The van der Waals surface area contributed by atoms with Gasteiger partial charge in [-0.05, 0) is 39.5 Å². The number of hydrogen-bond acceptors (Lipinski definition) is 2. The number of aromatic nitrogens is 2. The van der Waals surface area contributed by atoms with Gasteiger partial charge in [0.15, 0.2) is 0 Å². The zero-order valence-electron chi connectivity index (χ0n) is 9.44. The lowest BCUT2D eigenvalue weighted by Crippen LogP contribution is -2.02. The number of imidazole rings is 1. The standard InChI is InChI=1S/C13H10BrClN2S/c14-9-5-6-18-12(9)8-17-11-4-2-1-3-10(11)16-13(17)7-15/h1-6H,7-8H2. The molecule has 0 N–H and O–H groups in total. The van der Waals surface area contributed by atoms with Crippen molar-refractivity contribution < 1.29 is 0 Å². The molecule has 2 heterocycles. The van der Waals surface area contributed by atoms with E-state index in [2.05, 4.69) is 43.0 Å². The van der Waals surface area contributed by atoms with E-state index in [1.54, 1.807) is 11.3 Å². The van der Waals surface area contributed by atoms with E-state index in [0.29, 0.717) is 5.88 Å². The van der Waals surface area contributed by atoms with Crippen LogP contribution in [0.25, 0.3) is 11.0 Å². The Bertz CT molecular complexity index is 689. The van der Waals surface area contributed by atoms with Gasteiger partial charge in [0.1, 0.15) is 5.82 Å². The van der Waals surface area contributed by atoms with Crippen LogP contribution in [0.1, 0.15) is 10.7 Å². The summed E-state index contributed by atoms with van der Waals surface area (Å²) in [7, 11) is 0. The molecular weight excluding hydrogens is 332 g/mol. The molecule has 5 heteroatoms. The molecule has 0 saturated carbocycles. The third kappa shape index (κ3) is 2.09. The van der Waals surface area contributed by atoms with E-state index in [4.69, 9.17) is 11.6 Å².